The monoisotopic (exact) mass is 363 g/mol. The molecule has 138 valence electrons. The lowest BCUT2D eigenvalue weighted by Gasteiger charge is -2.24. The summed E-state index contributed by atoms with van der Waals surface area (Å²) in [6.45, 7) is 1.71. The maximum atomic E-state index is 13.3. The van der Waals surface area contributed by atoms with Gasteiger partial charge in [0.2, 0.25) is 0 Å². The summed E-state index contributed by atoms with van der Waals surface area (Å²) in [4.78, 5) is 14.2. The maximum Gasteiger partial charge on any atom is 0.310 e. The van der Waals surface area contributed by atoms with E-state index in [9.17, 15) is 9.18 Å². The number of nitrogens with zero attached hydrogens (tertiary/aromatic N) is 1. The van der Waals surface area contributed by atoms with Gasteiger partial charge in [-0.15, -0.1) is 0 Å². The number of hydrogen-bond donors (Lipinski definition) is 0. The Bertz CT molecular complexity index is 927. The number of carbonyl (C=O) groups is 1. The first-order valence-electron chi connectivity index (χ1n) is 9.36. The van der Waals surface area contributed by atoms with E-state index < -0.39 is 0 Å². The highest BCUT2D eigenvalue weighted by molar-refractivity contribution is 5.72. The highest BCUT2D eigenvalue weighted by atomic mass is 19.1. The van der Waals surface area contributed by atoms with E-state index in [1.54, 1.807) is 6.07 Å². The van der Waals surface area contributed by atoms with Gasteiger partial charge in [-0.2, -0.15) is 0 Å². The molecular weight excluding hydrogens is 341 g/mol. The fourth-order valence-corrected chi connectivity index (χ4v) is 4.19. The van der Waals surface area contributed by atoms with Crippen molar-refractivity contribution >= 4 is 5.97 Å². The Morgan fingerprint density at radius 3 is 2.74 bits per heavy atom. The van der Waals surface area contributed by atoms with Gasteiger partial charge in [0.05, 0.1) is 13.0 Å². The second kappa shape index (κ2) is 7.54. The quantitative estimate of drug-likeness (QED) is 0.602. The Morgan fingerprint density at radius 2 is 1.96 bits per heavy atom. The molecule has 0 spiro atoms. The molecule has 0 bridgehead atoms. The van der Waals surface area contributed by atoms with Crippen molar-refractivity contribution in [2.24, 2.45) is 5.92 Å². The Morgan fingerprint density at radius 1 is 1.15 bits per heavy atom. The van der Waals surface area contributed by atoms with Crippen LogP contribution in [0.1, 0.15) is 41.1 Å². The topological polar surface area (TPSA) is 29.5 Å². The molecule has 1 saturated heterocycles. The zero-order valence-electron chi connectivity index (χ0n) is 15.4. The van der Waals surface area contributed by atoms with Crippen LogP contribution >= 0.6 is 0 Å². The van der Waals surface area contributed by atoms with Gasteiger partial charge >= 0.3 is 5.97 Å². The number of carbonyl (C=O) groups excluding carboxylic acids is 1. The van der Waals surface area contributed by atoms with Crippen LogP contribution in [0.3, 0.4) is 0 Å². The summed E-state index contributed by atoms with van der Waals surface area (Å²) in [5.74, 6) is 5.80. The zero-order valence-corrected chi connectivity index (χ0v) is 15.4. The normalized spacial score (nSPS) is 21.4. The fourth-order valence-electron chi connectivity index (χ4n) is 4.19. The second-order valence-electron chi connectivity index (χ2n) is 7.23. The summed E-state index contributed by atoms with van der Waals surface area (Å²) in [6, 6.07) is 13.1. The van der Waals surface area contributed by atoms with Gasteiger partial charge in [-0.1, -0.05) is 24.0 Å². The molecule has 3 nitrogen and oxygen atoms in total. The molecule has 0 N–H and O–H groups in total. The molecule has 1 aliphatic heterocycles. The van der Waals surface area contributed by atoms with Crippen LogP contribution in [0, 0.1) is 23.6 Å². The molecule has 2 atom stereocenters. The molecule has 0 saturated carbocycles. The van der Waals surface area contributed by atoms with Gasteiger partial charge < -0.3 is 4.74 Å². The van der Waals surface area contributed by atoms with Crippen LogP contribution in [0.4, 0.5) is 4.39 Å². The summed E-state index contributed by atoms with van der Waals surface area (Å²) in [5.41, 5.74) is 4.30. The number of hydrogen-bond acceptors (Lipinski definition) is 3. The number of aryl methyl sites for hydroxylation is 1. The van der Waals surface area contributed by atoms with Crippen molar-refractivity contribution in [1.82, 2.24) is 4.90 Å². The SMILES string of the molecule is COC(=O)[C@H]1CCN([C@@H]2CCc3cc(C#Cc4cccc(F)c4)ccc32)C1. The van der Waals surface area contributed by atoms with E-state index in [1.807, 2.05) is 12.1 Å². The number of halogens is 1. The van der Waals surface area contributed by atoms with Crippen LogP contribution in [0.5, 0.6) is 0 Å². The van der Waals surface area contributed by atoms with Crippen molar-refractivity contribution in [3.63, 3.8) is 0 Å². The molecule has 2 aromatic rings. The van der Waals surface area contributed by atoms with E-state index in [-0.39, 0.29) is 17.7 Å². The number of benzene rings is 2. The van der Waals surface area contributed by atoms with Gasteiger partial charge in [0.1, 0.15) is 5.82 Å². The van der Waals surface area contributed by atoms with Crippen molar-refractivity contribution in [3.8, 4) is 11.8 Å². The average molecular weight is 363 g/mol. The van der Waals surface area contributed by atoms with Crippen molar-refractivity contribution in [2.75, 3.05) is 20.2 Å². The maximum absolute atomic E-state index is 13.3. The van der Waals surface area contributed by atoms with Gasteiger partial charge in [0.25, 0.3) is 0 Å². The third-order valence-electron chi connectivity index (χ3n) is 5.56. The van der Waals surface area contributed by atoms with E-state index >= 15 is 0 Å². The Hall–Kier alpha value is -2.64. The fraction of sp³-hybridized carbons (Fsp3) is 0.348. The number of ether oxygens (including phenoxy) is 1. The molecule has 1 aliphatic carbocycles. The van der Waals surface area contributed by atoms with Crippen molar-refractivity contribution < 1.29 is 13.9 Å². The molecule has 0 aromatic heterocycles. The molecule has 0 amide bonds. The third-order valence-corrected chi connectivity index (χ3v) is 5.56. The number of esters is 1. The predicted molar refractivity (Wildman–Crippen MR) is 102 cm³/mol. The lowest BCUT2D eigenvalue weighted by molar-refractivity contribution is -0.145. The van der Waals surface area contributed by atoms with Crippen molar-refractivity contribution in [2.45, 2.75) is 25.3 Å². The van der Waals surface area contributed by atoms with Gasteiger partial charge in [0, 0.05) is 23.7 Å². The minimum absolute atomic E-state index is 0.00421. The predicted octanol–water partition coefficient (Wildman–Crippen LogP) is 3.71. The first-order chi connectivity index (χ1) is 13.1. The van der Waals surface area contributed by atoms with E-state index in [0.29, 0.717) is 11.6 Å². The summed E-state index contributed by atoms with van der Waals surface area (Å²) in [6.07, 6.45) is 2.97. The Kier molecular flexibility index (Phi) is 4.96. The molecule has 0 unspecified atom stereocenters. The lowest BCUT2D eigenvalue weighted by Crippen LogP contribution is -2.27. The number of rotatable bonds is 2. The minimum atomic E-state index is -0.269. The van der Waals surface area contributed by atoms with Crippen molar-refractivity contribution in [1.29, 1.82) is 0 Å². The van der Waals surface area contributed by atoms with Gasteiger partial charge in [-0.05, 0) is 67.3 Å². The van der Waals surface area contributed by atoms with E-state index in [1.165, 1.54) is 30.4 Å². The van der Waals surface area contributed by atoms with E-state index in [4.69, 9.17) is 4.74 Å². The van der Waals surface area contributed by atoms with Crippen molar-refractivity contribution in [3.05, 3.63) is 70.5 Å². The molecular formula is C23H22FNO2. The van der Waals surface area contributed by atoms with Crippen LogP contribution in [0.2, 0.25) is 0 Å². The standard InChI is InChI=1S/C23H22FNO2/c1-27-23(26)19-11-12-25(15-19)22-10-8-18-13-17(7-9-21(18)22)6-5-16-3-2-4-20(24)14-16/h2-4,7,9,13-14,19,22H,8,10-12,15H2,1H3/t19-,22+/m0/s1. The van der Waals surface area contributed by atoms with Gasteiger partial charge in [0.15, 0.2) is 0 Å². The van der Waals surface area contributed by atoms with Crippen LogP contribution in [-0.2, 0) is 16.0 Å². The lowest BCUT2D eigenvalue weighted by atomic mass is 10.0. The highest BCUT2D eigenvalue weighted by Crippen LogP contribution is 2.38. The molecule has 1 heterocycles. The van der Waals surface area contributed by atoms with Gasteiger partial charge in [-0.3, -0.25) is 9.69 Å². The third kappa shape index (κ3) is 3.74. The Balaban J connectivity index is 1.49. The summed E-state index contributed by atoms with van der Waals surface area (Å²) in [5, 5.41) is 0. The van der Waals surface area contributed by atoms with Gasteiger partial charge in [-0.25, -0.2) is 4.39 Å². The van der Waals surface area contributed by atoms with Crippen LogP contribution in [0.15, 0.2) is 42.5 Å². The molecule has 27 heavy (non-hydrogen) atoms. The van der Waals surface area contributed by atoms with E-state index in [2.05, 4.69) is 28.9 Å². The Labute approximate surface area is 159 Å². The molecule has 4 heteroatoms. The number of likely N-dealkylation sites (tertiary alicyclic amines) is 1. The molecule has 4 rings (SSSR count). The number of fused-ring (bicyclic) bond motifs is 1. The zero-order chi connectivity index (χ0) is 18.8. The summed E-state index contributed by atoms with van der Waals surface area (Å²) < 4.78 is 18.2. The van der Waals surface area contributed by atoms with Crippen LogP contribution in [-0.4, -0.2) is 31.1 Å². The molecule has 1 fully saturated rings. The first kappa shape index (κ1) is 17.8. The molecule has 2 aromatic carbocycles. The minimum Gasteiger partial charge on any atom is -0.469 e. The average Bonchev–Trinajstić information content (AvgIpc) is 3.32. The first-order valence-corrected chi connectivity index (χ1v) is 9.36. The highest BCUT2D eigenvalue weighted by Gasteiger charge is 2.36. The largest absolute Gasteiger partial charge is 0.469 e. The second-order valence-corrected chi connectivity index (χ2v) is 7.23. The number of methoxy groups -OCH3 is 1. The molecule has 2 aliphatic rings. The molecule has 0 radical (unpaired) electrons. The van der Waals surface area contributed by atoms with Crippen LogP contribution < -0.4 is 0 Å². The van der Waals surface area contributed by atoms with E-state index in [0.717, 1.165) is 37.9 Å². The summed E-state index contributed by atoms with van der Waals surface area (Å²) in [7, 11) is 1.46. The van der Waals surface area contributed by atoms with Crippen LogP contribution in [0.25, 0.3) is 0 Å². The smallest absolute Gasteiger partial charge is 0.310 e. The summed E-state index contributed by atoms with van der Waals surface area (Å²) >= 11 is 0.